The molecule has 2 aromatic carbocycles. The Morgan fingerprint density at radius 3 is 1.45 bits per heavy atom. The van der Waals surface area contributed by atoms with Crippen LogP contribution >= 0.6 is 0 Å². The van der Waals surface area contributed by atoms with Crippen molar-refractivity contribution in [2.24, 2.45) is 0 Å². The predicted molar refractivity (Wildman–Crippen MR) is 151 cm³/mol. The molecule has 6 rings (SSSR count). The third-order valence-electron chi connectivity index (χ3n) is 6.31. The van der Waals surface area contributed by atoms with Gasteiger partial charge in [-0.15, -0.1) is 0 Å². The Morgan fingerprint density at radius 2 is 1.05 bits per heavy atom. The smallest absolute Gasteiger partial charge is 0.150 e. The van der Waals surface area contributed by atoms with E-state index in [1.807, 2.05) is 62.4 Å². The van der Waals surface area contributed by atoms with Crippen LogP contribution in [0.15, 0.2) is 60.9 Å². The molecular weight excluding hydrogens is 472 g/mol. The lowest BCUT2D eigenvalue weighted by Gasteiger charge is -2.07. The van der Waals surface area contributed by atoms with E-state index in [1.165, 1.54) is 0 Å². The van der Waals surface area contributed by atoms with Crippen molar-refractivity contribution in [3.8, 4) is 12.1 Å². The minimum absolute atomic E-state index is 0.346. The van der Waals surface area contributed by atoms with Gasteiger partial charge in [-0.3, -0.25) is 9.97 Å². The molecule has 0 saturated carbocycles. The van der Waals surface area contributed by atoms with E-state index >= 15 is 0 Å². The topological polar surface area (TPSA) is 151 Å². The van der Waals surface area contributed by atoms with E-state index in [2.05, 4.69) is 32.1 Å². The molecule has 0 aliphatic carbocycles. The highest BCUT2D eigenvalue weighted by Crippen LogP contribution is 2.29. The number of nitrogen functional groups attached to an aromatic ring is 2. The van der Waals surface area contributed by atoms with E-state index in [0.29, 0.717) is 35.5 Å². The fraction of sp³-hybridized carbons (Fsp3) is 0.133. The number of benzene rings is 2. The summed E-state index contributed by atoms with van der Waals surface area (Å²) in [7, 11) is 0. The molecule has 0 atom stereocenters. The lowest BCUT2D eigenvalue weighted by Crippen LogP contribution is -1.97. The Labute approximate surface area is 219 Å². The van der Waals surface area contributed by atoms with Crippen LogP contribution in [-0.4, -0.2) is 19.9 Å². The van der Waals surface area contributed by atoms with Crippen molar-refractivity contribution in [2.75, 3.05) is 11.5 Å². The minimum Gasteiger partial charge on any atom is -0.382 e. The van der Waals surface area contributed by atoms with Crippen LogP contribution in [0.1, 0.15) is 22.3 Å². The highest BCUT2D eigenvalue weighted by atomic mass is 14.9. The highest BCUT2D eigenvalue weighted by molar-refractivity contribution is 6.09. The number of nitriles is 2. The zero-order chi connectivity index (χ0) is 26.8. The maximum Gasteiger partial charge on any atom is 0.150 e. The maximum atomic E-state index is 8.78. The molecule has 4 heterocycles. The van der Waals surface area contributed by atoms with Gasteiger partial charge in [-0.2, -0.15) is 10.5 Å². The van der Waals surface area contributed by atoms with Crippen LogP contribution in [0.4, 0.5) is 11.6 Å². The third kappa shape index (κ3) is 4.59. The molecule has 0 aliphatic heterocycles. The van der Waals surface area contributed by atoms with E-state index in [9.17, 15) is 0 Å². The first-order valence-corrected chi connectivity index (χ1v) is 12.0. The van der Waals surface area contributed by atoms with Crippen LogP contribution in [0.2, 0.25) is 0 Å². The summed E-state index contributed by atoms with van der Waals surface area (Å²) in [5.41, 5.74) is 19.1. The normalized spacial score (nSPS) is 10.7. The monoisotopic (exact) mass is 496 g/mol. The second-order valence-electron chi connectivity index (χ2n) is 9.18. The zero-order valence-electron chi connectivity index (χ0n) is 21.0. The van der Waals surface area contributed by atoms with Crippen molar-refractivity contribution < 1.29 is 0 Å². The Hall–Kier alpha value is -5.34. The Morgan fingerprint density at radius 1 is 0.632 bits per heavy atom. The van der Waals surface area contributed by atoms with Crippen molar-refractivity contribution in [2.45, 2.75) is 26.7 Å². The van der Waals surface area contributed by atoms with Gasteiger partial charge < -0.3 is 11.5 Å². The van der Waals surface area contributed by atoms with E-state index in [0.717, 1.165) is 54.8 Å². The van der Waals surface area contributed by atoms with Crippen molar-refractivity contribution >= 4 is 55.2 Å². The highest BCUT2D eigenvalue weighted by Gasteiger charge is 2.10. The largest absolute Gasteiger partial charge is 0.382 e. The molecule has 0 unspecified atom stereocenters. The molecule has 0 amide bonds. The first-order valence-electron chi connectivity index (χ1n) is 12.0. The number of aromatic nitrogens is 4. The molecule has 184 valence electrons. The van der Waals surface area contributed by atoms with Crippen molar-refractivity contribution in [3.63, 3.8) is 0 Å². The van der Waals surface area contributed by atoms with E-state index < -0.39 is 0 Å². The van der Waals surface area contributed by atoms with Crippen molar-refractivity contribution in [1.82, 2.24) is 19.9 Å². The first-order chi connectivity index (χ1) is 18.4. The molecular formula is C30H24N8. The number of rotatable bonds is 2. The average Bonchev–Trinajstić information content (AvgIpc) is 2.89. The van der Waals surface area contributed by atoms with Gasteiger partial charge >= 0.3 is 0 Å². The first kappa shape index (κ1) is 24.4. The quantitative estimate of drug-likeness (QED) is 0.299. The number of nitrogens with zero attached hydrogens (tertiary/aromatic N) is 6. The third-order valence-corrected chi connectivity index (χ3v) is 6.31. The van der Waals surface area contributed by atoms with Gasteiger partial charge in [-0.1, -0.05) is 24.3 Å². The molecule has 0 aliphatic rings. The number of nitrogens with two attached hydrogens (primary N) is 2. The summed E-state index contributed by atoms with van der Waals surface area (Å²) in [5, 5.41) is 21.5. The number of aryl methyl sites for hydroxylation is 2. The molecule has 8 heteroatoms. The summed E-state index contributed by atoms with van der Waals surface area (Å²) in [5.74, 6) is 0.855. The van der Waals surface area contributed by atoms with Gasteiger partial charge in [0.2, 0.25) is 0 Å². The van der Waals surface area contributed by atoms with Gasteiger partial charge in [-0.25, -0.2) is 9.97 Å². The zero-order valence-corrected chi connectivity index (χ0v) is 21.0. The van der Waals surface area contributed by atoms with Gasteiger partial charge in [0.15, 0.2) is 11.6 Å². The van der Waals surface area contributed by atoms with Crippen LogP contribution in [0.25, 0.3) is 43.6 Å². The summed E-state index contributed by atoms with van der Waals surface area (Å²) < 4.78 is 0. The Bertz CT molecular complexity index is 1800. The summed E-state index contributed by atoms with van der Waals surface area (Å²) in [6.07, 6.45) is 4.06. The van der Waals surface area contributed by atoms with Crippen LogP contribution in [0, 0.1) is 36.5 Å². The molecule has 0 radical (unpaired) electrons. The second-order valence-corrected chi connectivity index (χ2v) is 9.18. The standard InChI is InChI=1S/2C15H12N4/c2*1-9-2-3-11-12-7-10(4-5-16)8-18-14(12)15(17)19-13(11)6-9/h2*2-3,6-8H,4H2,1H3,(H2,17,19). The average molecular weight is 497 g/mol. The molecule has 0 spiro atoms. The van der Waals surface area contributed by atoms with E-state index in [-0.39, 0.29) is 0 Å². The number of fused-ring (bicyclic) bond motifs is 6. The molecule has 38 heavy (non-hydrogen) atoms. The van der Waals surface area contributed by atoms with Gasteiger partial charge in [0.25, 0.3) is 0 Å². The number of anilines is 2. The lowest BCUT2D eigenvalue weighted by atomic mass is 10.1. The molecule has 8 nitrogen and oxygen atoms in total. The van der Waals surface area contributed by atoms with Crippen molar-refractivity contribution in [3.05, 3.63) is 83.2 Å². The second kappa shape index (κ2) is 9.96. The van der Waals surface area contributed by atoms with Crippen LogP contribution in [0.3, 0.4) is 0 Å². The Balaban J connectivity index is 0.000000155. The van der Waals surface area contributed by atoms with Gasteiger partial charge in [0.05, 0.1) is 36.0 Å². The van der Waals surface area contributed by atoms with Gasteiger partial charge in [-0.05, 0) is 60.4 Å². The molecule has 6 aromatic rings. The van der Waals surface area contributed by atoms with Crippen LogP contribution in [0.5, 0.6) is 0 Å². The molecule has 4 aromatic heterocycles. The minimum atomic E-state index is 0.346. The fourth-order valence-electron chi connectivity index (χ4n) is 4.50. The van der Waals surface area contributed by atoms with Gasteiger partial charge in [0, 0.05) is 33.9 Å². The Kier molecular flexibility index (Phi) is 6.39. The molecule has 0 fully saturated rings. The maximum absolute atomic E-state index is 8.78. The van der Waals surface area contributed by atoms with E-state index in [1.54, 1.807) is 12.4 Å². The van der Waals surface area contributed by atoms with Crippen molar-refractivity contribution in [1.29, 1.82) is 10.5 Å². The summed E-state index contributed by atoms with van der Waals surface area (Å²) >= 11 is 0. The number of pyridine rings is 4. The number of hydrogen-bond donors (Lipinski definition) is 2. The lowest BCUT2D eigenvalue weighted by molar-refractivity contribution is 1.22. The molecule has 0 bridgehead atoms. The number of hydrogen-bond acceptors (Lipinski definition) is 8. The summed E-state index contributed by atoms with van der Waals surface area (Å²) in [4.78, 5) is 17.4. The summed E-state index contributed by atoms with van der Waals surface area (Å²) in [6.45, 7) is 4.04. The summed E-state index contributed by atoms with van der Waals surface area (Å²) in [6, 6.07) is 20.3. The van der Waals surface area contributed by atoms with E-state index in [4.69, 9.17) is 22.0 Å². The SMILES string of the molecule is Cc1ccc2c(c1)nc(N)c1ncc(CC#N)cc12.Cc1ccc2c(c1)nc(N)c1ncc(CC#N)cc12. The molecule has 4 N–H and O–H groups in total. The van der Waals surface area contributed by atoms with Crippen LogP contribution < -0.4 is 11.5 Å². The predicted octanol–water partition coefficient (Wildman–Crippen LogP) is 5.48. The van der Waals surface area contributed by atoms with Crippen LogP contribution in [-0.2, 0) is 12.8 Å². The molecule has 0 saturated heterocycles. The van der Waals surface area contributed by atoms with Gasteiger partial charge in [0.1, 0.15) is 11.0 Å². The fourth-order valence-corrected chi connectivity index (χ4v) is 4.50.